The largest absolute Gasteiger partial charge is 0.494 e. The number of hydrogen-bond acceptors (Lipinski definition) is 5. The van der Waals surface area contributed by atoms with Crippen LogP contribution in [0.1, 0.15) is 13.3 Å². The summed E-state index contributed by atoms with van der Waals surface area (Å²) in [5, 5.41) is 0.673. The molecule has 0 bridgehead atoms. The van der Waals surface area contributed by atoms with Crippen molar-refractivity contribution in [3.05, 3.63) is 24.3 Å². The van der Waals surface area contributed by atoms with E-state index in [1.165, 1.54) is 13.4 Å². The minimum atomic E-state index is -0.458. The first-order chi connectivity index (χ1) is 10.1. The molecule has 1 aliphatic rings. The van der Waals surface area contributed by atoms with Gasteiger partial charge in [-0.15, -0.1) is 0 Å². The number of benzene rings is 1. The Hall–Kier alpha value is -1.95. The van der Waals surface area contributed by atoms with Gasteiger partial charge in [-0.1, -0.05) is 0 Å². The van der Waals surface area contributed by atoms with Crippen LogP contribution in [-0.2, 0) is 4.74 Å². The lowest BCUT2D eigenvalue weighted by Crippen LogP contribution is -2.45. The van der Waals surface area contributed by atoms with Gasteiger partial charge in [0.25, 0.3) is 0 Å². The Balaban J connectivity index is 2.13. The molecule has 2 aromatic rings. The van der Waals surface area contributed by atoms with Gasteiger partial charge in [0, 0.05) is 19.0 Å². The van der Waals surface area contributed by atoms with Gasteiger partial charge in [-0.05, 0) is 25.5 Å². The first-order valence-corrected chi connectivity index (χ1v) is 6.85. The Labute approximate surface area is 122 Å². The number of ether oxygens (including phenoxy) is 2. The van der Waals surface area contributed by atoms with Gasteiger partial charge in [0.15, 0.2) is 11.6 Å². The average molecular weight is 291 g/mol. The Bertz CT molecular complexity index is 671. The van der Waals surface area contributed by atoms with Crippen molar-refractivity contribution in [2.75, 3.05) is 32.3 Å². The maximum atomic E-state index is 14.3. The van der Waals surface area contributed by atoms with Gasteiger partial charge in [-0.25, -0.2) is 14.4 Å². The summed E-state index contributed by atoms with van der Waals surface area (Å²) in [6.45, 7) is 3.48. The molecule has 6 heteroatoms. The molecule has 3 rings (SSSR count). The minimum Gasteiger partial charge on any atom is -0.494 e. The Morgan fingerprint density at radius 3 is 2.86 bits per heavy atom. The first-order valence-electron chi connectivity index (χ1n) is 6.85. The average Bonchev–Trinajstić information content (AvgIpc) is 2.95. The van der Waals surface area contributed by atoms with Gasteiger partial charge in [-0.2, -0.15) is 0 Å². The van der Waals surface area contributed by atoms with Gasteiger partial charge >= 0.3 is 0 Å². The minimum absolute atomic E-state index is 0.141. The fourth-order valence-electron chi connectivity index (χ4n) is 2.66. The zero-order valence-corrected chi connectivity index (χ0v) is 12.4. The lowest BCUT2D eigenvalue weighted by atomic mass is 9.99. The molecule has 1 saturated heterocycles. The van der Waals surface area contributed by atoms with E-state index < -0.39 is 5.82 Å². The highest BCUT2D eigenvalue weighted by molar-refractivity contribution is 5.91. The number of aromatic nitrogens is 2. The molecule has 0 aliphatic carbocycles. The van der Waals surface area contributed by atoms with E-state index in [4.69, 9.17) is 9.47 Å². The van der Waals surface area contributed by atoms with Crippen LogP contribution in [-0.4, -0.2) is 42.9 Å². The molecule has 0 radical (unpaired) electrons. The van der Waals surface area contributed by atoms with Crippen LogP contribution in [0.4, 0.5) is 10.2 Å². The topological polar surface area (TPSA) is 47.5 Å². The molecule has 112 valence electrons. The van der Waals surface area contributed by atoms with Gasteiger partial charge in [-0.3, -0.25) is 0 Å². The van der Waals surface area contributed by atoms with Crippen molar-refractivity contribution in [3.8, 4) is 5.75 Å². The zero-order valence-electron chi connectivity index (χ0n) is 12.4. The van der Waals surface area contributed by atoms with Crippen molar-refractivity contribution >= 4 is 16.7 Å². The fourth-order valence-corrected chi connectivity index (χ4v) is 2.66. The number of hydrogen-bond donors (Lipinski definition) is 0. The van der Waals surface area contributed by atoms with E-state index in [0.29, 0.717) is 17.8 Å². The molecule has 5 nitrogen and oxygen atoms in total. The van der Waals surface area contributed by atoms with E-state index in [1.807, 2.05) is 7.05 Å². The highest BCUT2D eigenvalue weighted by Crippen LogP contribution is 2.34. The van der Waals surface area contributed by atoms with Crippen molar-refractivity contribution in [2.24, 2.45) is 0 Å². The summed E-state index contributed by atoms with van der Waals surface area (Å²) < 4.78 is 24.8. The van der Waals surface area contributed by atoms with Crippen LogP contribution >= 0.6 is 0 Å². The summed E-state index contributed by atoms with van der Waals surface area (Å²) in [7, 11) is 3.40. The third-order valence-corrected chi connectivity index (χ3v) is 4.23. The quantitative estimate of drug-likeness (QED) is 0.869. The van der Waals surface area contributed by atoms with E-state index in [1.54, 1.807) is 12.1 Å². The molecule has 0 N–H and O–H groups in total. The highest BCUT2D eigenvalue weighted by Gasteiger charge is 2.35. The second kappa shape index (κ2) is 5.11. The Morgan fingerprint density at radius 2 is 2.19 bits per heavy atom. The van der Waals surface area contributed by atoms with Crippen LogP contribution in [0.3, 0.4) is 0 Å². The van der Waals surface area contributed by atoms with E-state index in [9.17, 15) is 4.39 Å². The normalized spacial score (nSPS) is 21.7. The predicted molar refractivity (Wildman–Crippen MR) is 78.3 cm³/mol. The van der Waals surface area contributed by atoms with Crippen molar-refractivity contribution in [2.45, 2.75) is 18.9 Å². The summed E-state index contributed by atoms with van der Waals surface area (Å²) in [6, 6.07) is 3.40. The summed E-state index contributed by atoms with van der Waals surface area (Å²) in [5.74, 6) is 0.430. The summed E-state index contributed by atoms with van der Waals surface area (Å²) in [4.78, 5) is 10.5. The summed E-state index contributed by atoms with van der Waals surface area (Å²) >= 11 is 0. The van der Waals surface area contributed by atoms with Crippen LogP contribution in [0.25, 0.3) is 10.9 Å². The van der Waals surface area contributed by atoms with E-state index in [0.717, 1.165) is 13.0 Å². The number of anilines is 1. The second-order valence-electron chi connectivity index (χ2n) is 5.53. The second-order valence-corrected chi connectivity index (χ2v) is 5.53. The van der Waals surface area contributed by atoms with Crippen LogP contribution in [0.2, 0.25) is 0 Å². The maximum Gasteiger partial charge on any atom is 0.191 e. The van der Waals surface area contributed by atoms with Crippen LogP contribution in [0.5, 0.6) is 5.75 Å². The van der Waals surface area contributed by atoms with Crippen molar-refractivity contribution in [1.29, 1.82) is 0 Å². The third kappa shape index (κ3) is 2.19. The number of likely N-dealkylation sites (N-methyl/N-ethyl adjacent to an activating group) is 1. The van der Waals surface area contributed by atoms with Gasteiger partial charge in [0.05, 0.1) is 19.3 Å². The molecule has 1 atom stereocenters. The van der Waals surface area contributed by atoms with Crippen molar-refractivity contribution < 1.29 is 13.9 Å². The molecule has 2 heterocycles. The fraction of sp³-hybridized carbons (Fsp3) is 0.467. The molecule has 1 fully saturated rings. The molecule has 0 spiro atoms. The Kier molecular flexibility index (Phi) is 3.41. The van der Waals surface area contributed by atoms with E-state index >= 15 is 0 Å². The van der Waals surface area contributed by atoms with E-state index in [-0.39, 0.29) is 16.8 Å². The summed E-state index contributed by atoms with van der Waals surface area (Å²) in [5.41, 5.74) is 0.131. The molecular weight excluding hydrogens is 273 g/mol. The zero-order chi connectivity index (χ0) is 15.0. The van der Waals surface area contributed by atoms with Gasteiger partial charge in [0.1, 0.15) is 17.7 Å². The number of nitrogens with zero attached hydrogens (tertiary/aromatic N) is 3. The molecule has 21 heavy (non-hydrogen) atoms. The number of rotatable bonds is 3. The SMILES string of the molecule is COc1ccc2c(N(C)C3(C)CCOC3)ncnc2c1F. The molecule has 1 aromatic heterocycles. The number of fused-ring (bicyclic) bond motifs is 1. The molecule has 0 saturated carbocycles. The molecular formula is C15H18FN3O2. The molecule has 1 unspecified atom stereocenters. The van der Waals surface area contributed by atoms with Crippen LogP contribution < -0.4 is 9.64 Å². The lowest BCUT2D eigenvalue weighted by Gasteiger charge is -2.35. The molecule has 0 amide bonds. The number of methoxy groups -OCH3 is 1. The molecule has 1 aromatic carbocycles. The lowest BCUT2D eigenvalue weighted by molar-refractivity contribution is 0.180. The summed E-state index contributed by atoms with van der Waals surface area (Å²) in [6.07, 6.45) is 2.30. The third-order valence-electron chi connectivity index (χ3n) is 4.23. The van der Waals surface area contributed by atoms with Gasteiger partial charge < -0.3 is 14.4 Å². The first kappa shape index (κ1) is 14.0. The monoisotopic (exact) mass is 291 g/mol. The van der Waals surface area contributed by atoms with Crippen LogP contribution in [0, 0.1) is 5.82 Å². The predicted octanol–water partition coefficient (Wildman–Crippen LogP) is 2.39. The van der Waals surface area contributed by atoms with E-state index in [2.05, 4.69) is 21.8 Å². The standard InChI is InChI=1S/C15H18FN3O2/c1-15(6-7-21-8-15)19(2)14-10-4-5-11(20-3)12(16)13(10)17-9-18-14/h4-5,9H,6-8H2,1-3H3. The Morgan fingerprint density at radius 1 is 1.38 bits per heavy atom. The maximum absolute atomic E-state index is 14.3. The highest BCUT2D eigenvalue weighted by atomic mass is 19.1. The van der Waals surface area contributed by atoms with Crippen molar-refractivity contribution in [3.63, 3.8) is 0 Å². The smallest absolute Gasteiger partial charge is 0.191 e. The van der Waals surface area contributed by atoms with Gasteiger partial charge in [0.2, 0.25) is 0 Å². The number of halogens is 1. The molecule has 1 aliphatic heterocycles. The van der Waals surface area contributed by atoms with Crippen molar-refractivity contribution in [1.82, 2.24) is 9.97 Å². The van der Waals surface area contributed by atoms with Crippen LogP contribution in [0.15, 0.2) is 18.5 Å².